The third-order valence-corrected chi connectivity index (χ3v) is 4.66. The van der Waals surface area contributed by atoms with E-state index >= 15 is 0 Å². The van der Waals surface area contributed by atoms with Crippen molar-refractivity contribution >= 4 is 29.3 Å². The summed E-state index contributed by atoms with van der Waals surface area (Å²) in [5, 5.41) is 1.13. The number of carbonyl (C=O) groups excluding carboxylic acids is 2. The van der Waals surface area contributed by atoms with Crippen molar-refractivity contribution in [2.45, 2.75) is 20.3 Å². The number of anilines is 2. The molecule has 0 atom stereocenters. The SMILES string of the molecule is CC(C)CCN(C)c1ccc(C=C2C(=O)NN(c3ccc(F)cc3)C2=O)cc1. The summed E-state index contributed by atoms with van der Waals surface area (Å²) in [5.41, 5.74) is 4.81. The number of nitrogens with zero attached hydrogens (tertiary/aromatic N) is 2. The molecule has 2 aromatic carbocycles. The molecule has 0 bridgehead atoms. The Kier molecular flexibility index (Phi) is 5.78. The molecule has 1 fully saturated rings. The van der Waals surface area contributed by atoms with Gasteiger partial charge in [-0.1, -0.05) is 26.0 Å². The van der Waals surface area contributed by atoms with Gasteiger partial charge < -0.3 is 4.90 Å². The van der Waals surface area contributed by atoms with Gasteiger partial charge in [0, 0.05) is 19.3 Å². The Bertz CT molecular complexity index is 889. The van der Waals surface area contributed by atoms with Crippen LogP contribution in [0.3, 0.4) is 0 Å². The minimum absolute atomic E-state index is 0.0465. The maximum Gasteiger partial charge on any atom is 0.282 e. The van der Waals surface area contributed by atoms with E-state index in [1.165, 1.54) is 24.3 Å². The summed E-state index contributed by atoms with van der Waals surface area (Å²) in [4.78, 5) is 27.0. The normalized spacial score (nSPS) is 15.5. The second-order valence-corrected chi connectivity index (χ2v) is 7.31. The quantitative estimate of drug-likeness (QED) is 0.612. The monoisotopic (exact) mass is 381 g/mol. The van der Waals surface area contributed by atoms with Crippen LogP contribution in [0.1, 0.15) is 25.8 Å². The largest absolute Gasteiger partial charge is 0.375 e. The van der Waals surface area contributed by atoms with E-state index in [1.807, 2.05) is 31.3 Å². The number of benzene rings is 2. The summed E-state index contributed by atoms with van der Waals surface area (Å²) in [6, 6.07) is 13.1. The van der Waals surface area contributed by atoms with Crippen molar-refractivity contribution < 1.29 is 14.0 Å². The first kappa shape index (κ1) is 19.6. The number of halogens is 1. The molecule has 146 valence electrons. The summed E-state index contributed by atoms with van der Waals surface area (Å²) < 4.78 is 13.1. The Morgan fingerprint density at radius 1 is 1.07 bits per heavy atom. The first-order chi connectivity index (χ1) is 13.3. The molecule has 5 nitrogen and oxygen atoms in total. The van der Waals surface area contributed by atoms with Gasteiger partial charge in [0.05, 0.1) is 5.69 Å². The van der Waals surface area contributed by atoms with E-state index in [2.05, 4.69) is 24.2 Å². The fourth-order valence-electron chi connectivity index (χ4n) is 2.90. The number of nitrogens with one attached hydrogen (secondary N) is 1. The van der Waals surface area contributed by atoms with Crippen molar-refractivity contribution in [1.82, 2.24) is 5.43 Å². The first-order valence-corrected chi connectivity index (χ1v) is 9.29. The van der Waals surface area contributed by atoms with Gasteiger partial charge in [0.25, 0.3) is 11.8 Å². The second kappa shape index (κ2) is 8.25. The van der Waals surface area contributed by atoms with E-state index in [-0.39, 0.29) is 5.57 Å². The van der Waals surface area contributed by atoms with Crippen LogP contribution in [0.4, 0.5) is 15.8 Å². The molecule has 2 amide bonds. The maximum atomic E-state index is 13.1. The Hall–Kier alpha value is -3.15. The van der Waals surface area contributed by atoms with Crippen LogP contribution in [0.15, 0.2) is 54.1 Å². The molecule has 1 N–H and O–H groups in total. The van der Waals surface area contributed by atoms with E-state index in [0.717, 1.165) is 29.2 Å². The molecule has 1 aliphatic heterocycles. The van der Waals surface area contributed by atoms with Crippen molar-refractivity contribution in [1.29, 1.82) is 0 Å². The van der Waals surface area contributed by atoms with Crippen LogP contribution in [0, 0.1) is 11.7 Å². The Labute approximate surface area is 164 Å². The van der Waals surface area contributed by atoms with Gasteiger partial charge in [0.1, 0.15) is 11.4 Å². The van der Waals surface area contributed by atoms with Gasteiger partial charge in [-0.15, -0.1) is 0 Å². The maximum absolute atomic E-state index is 13.1. The molecule has 0 aliphatic carbocycles. The topological polar surface area (TPSA) is 52.7 Å². The Morgan fingerprint density at radius 3 is 2.32 bits per heavy atom. The fraction of sp³-hybridized carbons (Fsp3) is 0.273. The van der Waals surface area contributed by atoms with E-state index in [1.54, 1.807) is 6.08 Å². The highest BCUT2D eigenvalue weighted by Crippen LogP contribution is 2.23. The molecule has 1 heterocycles. The third-order valence-electron chi connectivity index (χ3n) is 4.66. The Balaban J connectivity index is 1.74. The number of hydrazine groups is 1. The molecule has 0 unspecified atom stereocenters. The van der Waals surface area contributed by atoms with E-state index < -0.39 is 17.6 Å². The number of carbonyl (C=O) groups is 2. The molecule has 28 heavy (non-hydrogen) atoms. The predicted molar refractivity (Wildman–Crippen MR) is 109 cm³/mol. The molecule has 0 saturated carbocycles. The standard InChI is InChI=1S/C22H24FN3O2/c1-15(2)12-13-25(3)18-8-4-16(5-9-18)14-20-21(27)24-26(22(20)28)19-10-6-17(23)7-11-19/h4-11,14-15H,12-13H2,1-3H3,(H,24,27). The van der Waals surface area contributed by atoms with Crippen LogP contribution >= 0.6 is 0 Å². The van der Waals surface area contributed by atoms with Gasteiger partial charge in [-0.2, -0.15) is 0 Å². The molecule has 1 aliphatic rings. The highest BCUT2D eigenvalue weighted by molar-refractivity contribution is 6.31. The summed E-state index contributed by atoms with van der Waals surface area (Å²) in [6.45, 7) is 5.36. The van der Waals surface area contributed by atoms with E-state index in [9.17, 15) is 14.0 Å². The van der Waals surface area contributed by atoms with Crippen molar-refractivity contribution in [2.24, 2.45) is 5.92 Å². The van der Waals surface area contributed by atoms with Crippen molar-refractivity contribution in [3.8, 4) is 0 Å². The lowest BCUT2D eigenvalue weighted by molar-refractivity contribution is -0.117. The van der Waals surface area contributed by atoms with Gasteiger partial charge in [-0.05, 0) is 60.4 Å². The molecule has 0 spiro atoms. The zero-order valence-corrected chi connectivity index (χ0v) is 16.3. The van der Waals surface area contributed by atoms with Crippen LogP contribution in [-0.2, 0) is 9.59 Å². The van der Waals surface area contributed by atoms with Crippen LogP contribution in [0.5, 0.6) is 0 Å². The Morgan fingerprint density at radius 2 is 1.71 bits per heavy atom. The predicted octanol–water partition coefficient (Wildman–Crippen LogP) is 3.77. The summed E-state index contributed by atoms with van der Waals surface area (Å²) in [5.74, 6) is -0.708. The van der Waals surface area contributed by atoms with Gasteiger partial charge >= 0.3 is 0 Å². The molecule has 0 aromatic heterocycles. The van der Waals surface area contributed by atoms with Crippen molar-refractivity contribution in [3.63, 3.8) is 0 Å². The molecular formula is C22H24FN3O2. The minimum Gasteiger partial charge on any atom is -0.375 e. The van der Waals surface area contributed by atoms with Crippen molar-refractivity contribution in [3.05, 3.63) is 65.5 Å². The summed E-state index contributed by atoms with van der Waals surface area (Å²) in [6.07, 6.45) is 2.68. The smallest absolute Gasteiger partial charge is 0.282 e. The molecule has 1 saturated heterocycles. The fourth-order valence-corrected chi connectivity index (χ4v) is 2.90. The molecule has 3 rings (SSSR count). The van der Waals surface area contributed by atoms with Crippen LogP contribution in [-0.4, -0.2) is 25.4 Å². The van der Waals surface area contributed by atoms with Gasteiger partial charge in [-0.25, -0.2) is 9.40 Å². The highest BCUT2D eigenvalue weighted by Gasteiger charge is 2.34. The lowest BCUT2D eigenvalue weighted by atomic mass is 10.1. The first-order valence-electron chi connectivity index (χ1n) is 9.29. The van der Waals surface area contributed by atoms with E-state index in [4.69, 9.17) is 0 Å². The number of rotatable bonds is 6. The van der Waals surface area contributed by atoms with Gasteiger partial charge in [-0.3, -0.25) is 15.0 Å². The average Bonchev–Trinajstić information content (AvgIpc) is 2.95. The van der Waals surface area contributed by atoms with Gasteiger partial charge in [0.2, 0.25) is 0 Å². The van der Waals surface area contributed by atoms with Crippen LogP contribution in [0.25, 0.3) is 6.08 Å². The average molecular weight is 381 g/mol. The summed E-state index contributed by atoms with van der Waals surface area (Å²) in [7, 11) is 2.05. The molecular weight excluding hydrogens is 357 g/mol. The molecule has 6 heteroatoms. The highest BCUT2D eigenvalue weighted by atomic mass is 19.1. The second-order valence-electron chi connectivity index (χ2n) is 7.31. The van der Waals surface area contributed by atoms with Crippen LogP contribution < -0.4 is 15.3 Å². The zero-order valence-electron chi connectivity index (χ0n) is 16.3. The third kappa shape index (κ3) is 4.39. The summed E-state index contributed by atoms with van der Waals surface area (Å²) >= 11 is 0. The number of amides is 2. The number of hydrogen-bond acceptors (Lipinski definition) is 3. The molecule has 2 aromatic rings. The van der Waals surface area contributed by atoms with E-state index in [0.29, 0.717) is 11.6 Å². The van der Waals surface area contributed by atoms with Crippen LogP contribution in [0.2, 0.25) is 0 Å². The lowest BCUT2D eigenvalue weighted by Gasteiger charge is -2.20. The lowest BCUT2D eigenvalue weighted by Crippen LogP contribution is -2.35. The zero-order chi connectivity index (χ0) is 20.3. The van der Waals surface area contributed by atoms with Gasteiger partial charge in [0.15, 0.2) is 0 Å². The minimum atomic E-state index is -0.479. The van der Waals surface area contributed by atoms with Crippen molar-refractivity contribution in [2.75, 3.05) is 23.5 Å². The molecule has 0 radical (unpaired) electrons. The number of hydrogen-bond donors (Lipinski definition) is 1.